The molecule has 0 N–H and O–H groups in total. The Morgan fingerprint density at radius 2 is 1.48 bits per heavy atom. The molecule has 162 valence electrons. The van der Waals surface area contributed by atoms with Crippen LogP contribution in [-0.2, 0) is 10.1 Å². The van der Waals surface area contributed by atoms with Crippen molar-refractivity contribution in [3.8, 4) is 11.6 Å². The predicted octanol–water partition coefficient (Wildman–Crippen LogP) is 6.02. The zero-order valence-electron chi connectivity index (χ0n) is 17.2. The molecular formula is C19H26F3NO4SSi. The number of nitrogens with zero attached hydrogens (tertiary/aromatic N) is 1. The molecule has 0 fully saturated rings. The van der Waals surface area contributed by atoms with Crippen LogP contribution in [0.5, 0.6) is 11.6 Å². The average molecular weight is 450 g/mol. The van der Waals surface area contributed by atoms with E-state index in [1.807, 2.05) is 0 Å². The summed E-state index contributed by atoms with van der Waals surface area (Å²) in [5.41, 5.74) is -4.09. The number of benzene rings is 1. The first kappa shape index (κ1) is 23.5. The van der Waals surface area contributed by atoms with E-state index in [-0.39, 0.29) is 0 Å². The molecule has 0 aliphatic carbocycles. The van der Waals surface area contributed by atoms with Crippen LogP contribution in [0.25, 0.3) is 10.9 Å². The van der Waals surface area contributed by atoms with Gasteiger partial charge < -0.3 is 8.61 Å². The lowest BCUT2D eigenvalue weighted by atomic mass is 10.2. The number of aromatic nitrogens is 1. The maximum atomic E-state index is 12.5. The molecule has 10 heteroatoms. The number of hydrogen-bond acceptors (Lipinski definition) is 5. The Balaban J connectivity index is 2.39. The van der Waals surface area contributed by atoms with E-state index in [9.17, 15) is 21.6 Å². The summed E-state index contributed by atoms with van der Waals surface area (Å²) >= 11 is 0. The highest BCUT2D eigenvalue weighted by Crippen LogP contribution is 2.43. The minimum absolute atomic E-state index is 0.304. The molecule has 0 aliphatic heterocycles. The Kier molecular flexibility index (Phi) is 6.58. The van der Waals surface area contributed by atoms with Crippen molar-refractivity contribution in [3.63, 3.8) is 0 Å². The molecule has 0 amide bonds. The van der Waals surface area contributed by atoms with Crippen molar-refractivity contribution >= 4 is 29.3 Å². The molecule has 29 heavy (non-hydrogen) atoms. The van der Waals surface area contributed by atoms with Gasteiger partial charge in [-0.2, -0.15) is 21.6 Å². The van der Waals surface area contributed by atoms with Crippen molar-refractivity contribution in [2.75, 3.05) is 0 Å². The van der Waals surface area contributed by atoms with E-state index >= 15 is 0 Å². The van der Waals surface area contributed by atoms with Crippen LogP contribution in [0.2, 0.25) is 16.6 Å². The van der Waals surface area contributed by atoms with Crippen LogP contribution in [0.15, 0.2) is 30.3 Å². The zero-order chi connectivity index (χ0) is 22.2. The number of hydrogen-bond donors (Lipinski definition) is 0. The quantitative estimate of drug-likeness (QED) is 0.294. The predicted molar refractivity (Wildman–Crippen MR) is 109 cm³/mol. The van der Waals surface area contributed by atoms with Crippen molar-refractivity contribution in [2.24, 2.45) is 0 Å². The maximum absolute atomic E-state index is 12.5. The molecule has 0 radical (unpaired) electrons. The zero-order valence-corrected chi connectivity index (χ0v) is 19.1. The van der Waals surface area contributed by atoms with Gasteiger partial charge in [0.15, 0.2) is 0 Å². The van der Waals surface area contributed by atoms with E-state index < -0.39 is 29.8 Å². The molecule has 2 aromatic rings. The molecule has 1 heterocycles. The summed E-state index contributed by atoms with van der Waals surface area (Å²) in [4.78, 5) is 3.87. The number of alkyl halides is 3. The minimum atomic E-state index is -5.76. The summed E-state index contributed by atoms with van der Waals surface area (Å²) in [6.45, 7) is 13.0. The fourth-order valence-electron chi connectivity index (χ4n) is 3.91. The molecule has 0 aliphatic rings. The molecule has 1 aromatic heterocycles. The second-order valence-corrected chi connectivity index (χ2v) is 14.8. The van der Waals surface area contributed by atoms with Crippen molar-refractivity contribution in [3.05, 3.63) is 30.3 Å². The van der Waals surface area contributed by atoms with E-state index in [1.54, 1.807) is 18.2 Å². The van der Waals surface area contributed by atoms with E-state index in [2.05, 4.69) is 50.7 Å². The van der Waals surface area contributed by atoms with Crippen LogP contribution in [0.1, 0.15) is 41.5 Å². The summed E-state index contributed by atoms with van der Waals surface area (Å²) in [5.74, 6) is 0.0254. The first-order valence-electron chi connectivity index (χ1n) is 9.31. The van der Waals surface area contributed by atoms with Gasteiger partial charge in [-0.15, -0.1) is 0 Å². The molecule has 0 unspecified atom stereocenters. The Morgan fingerprint density at radius 1 is 0.931 bits per heavy atom. The normalized spacial score (nSPS) is 13.5. The van der Waals surface area contributed by atoms with Crippen LogP contribution < -0.4 is 8.61 Å². The summed E-state index contributed by atoms with van der Waals surface area (Å²) in [7, 11) is -7.93. The highest BCUT2D eigenvalue weighted by atomic mass is 32.2. The lowest BCUT2D eigenvalue weighted by molar-refractivity contribution is -0.0501. The van der Waals surface area contributed by atoms with Crippen LogP contribution in [0.4, 0.5) is 13.2 Å². The highest BCUT2D eigenvalue weighted by Gasteiger charge is 2.49. The van der Waals surface area contributed by atoms with E-state index in [0.717, 1.165) is 6.07 Å². The van der Waals surface area contributed by atoms with Gasteiger partial charge in [-0.3, -0.25) is 0 Å². The van der Waals surface area contributed by atoms with Gasteiger partial charge in [0.2, 0.25) is 5.88 Å². The van der Waals surface area contributed by atoms with Gasteiger partial charge in [0.1, 0.15) is 5.75 Å². The van der Waals surface area contributed by atoms with E-state index in [0.29, 0.717) is 33.3 Å². The second-order valence-electron chi connectivity index (χ2n) is 7.91. The van der Waals surface area contributed by atoms with Gasteiger partial charge in [-0.25, -0.2) is 4.98 Å². The minimum Gasteiger partial charge on any atom is -0.543 e. The van der Waals surface area contributed by atoms with Crippen molar-refractivity contribution in [1.29, 1.82) is 0 Å². The van der Waals surface area contributed by atoms with Gasteiger partial charge in [-0.1, -0.05) is 41.5 Å². The highest BCUT2D eigenvalue weighted by molar-refractivity contribution is 7.87. The van der Waals surface area contributed by atoms with Crippen LogP contribution >= 0.6 is 0 Å². The fourth-order valence-corrected chi connectivity index (χ4v) is 9.57. The summed E-state index contributed by atoms with van der Waals surface area (Å²) in [6, 6.07) is 7.59. The van der Waals surface area contributed by atoms with E-state index in [4.69, 9.17) is 4.43 Å². The molecular weight excluding hydrogens is 423 g/mol. The number of halogens is 3. The SMILES string of the molecule is CC(C)[Si](Oc1ccc2nc(OS(=O)(=O)C(F)(F)F)ccc2c1)(C(C)C)C(C)C. The van der Waals surface area contributed by atoms with Crippen LogP contribution in [-0.4, -0.2) is 27.2 Å². The number of rotatable bonds is 7. The third-order valence-electron chi connectivity index (χ3n) is 5.12. The standard InChI is InChI=1S/C19H26F3NO4SSi/c1-12(2)29(13(3)4,14(5)6)27-16-8-9-17-15(11-16)7-10-18(23-17)26-28(24,25)19(20,21)22/h7-14H,1-6H3. The summed E-state index contributed by atoms with van der Waals surface area (Å²) < 4.78 is 70.4. The van der Waals surface area contributed by atoms with Crippen molar-refractivity contribution in [1.82, 2.24) is 4.98 Å². The molecule has 0 atom stereocenters. The molecule has 2 rings (SSSR count). The van der Waals surface area contributed by atoms with Gasteiger partial charge in [0, 0.05) is 11.5 Å². The Bertz CT molecular complexity index is 953. The number of pyridine rings is 1. The first-order chi connectivity index (χ1) is 13.2. The van der Waals surface area contributed by atoms with Gasteiger partial charge >= 0.3 is 15.6 Å². The molecule has 5 nitrogen and oxygen atoms in total. The van der Waals surface area contributed by atoms with Crippen molar-refractivity contribution < 1.29 is 30.2 Å². The summed E-state index contributed by atoms with van der Waals surface area (Å²) in [6.07, 6.45) is 0. The fraction of sp³-hybridized carbons (Fsp3) is 0.526. The van der Waals surface area contributed by atoms with Crippen LogP contribution in [0.3, 0.4) is 0 Å². The molecule has 0 saturated heterocycles. The third-order valence-corrected chi connectivity index (χ3v) is 12.1. The Labute approximate surface area is 170 Å². The van der Waals surface area contributed by atoms with Gasteiger partial charge in [0.25, 0.3) is 8.32 Å². The Hall–Kier alpha value is -1.81. The summed E-state index contributed by atoms with van der Waals surface area (Å²) in [5, 5.41) is 0.610. The van der Waals surface area contributed by atoms with Crippen molar-refractivity contribution in [2.45, 2.75) is 63.7 Å². The number of fused-ring (bicyclic) bond motifs is 1. The average Bonchev–Trinajstić information content (AvgIpc) is 2.57. The topological polar surface area (TPSA) is 65.5 Å². The molecule has 0 bridgehead atoms. The maximum Gasteiger partial charge on any atom is 0.534 e. The second kappa shape index (κ2) is 8.14. The van der Waals surface area contributed by atoms with Gasteiger partial charge in [0.05, 0.1) is 5.52 Å². The Morgan fingerprint density at radius 3 is 1.97 bits per heavy atom. The van der Waals surface area contributed by atoms with Gasteiger partial charge in [-0.05, 0) is 40.9 Å². The monoisotopic (exact) mass is 449 g/mol. The largest absolute Gasteiger partial charge is 0.543 e. The molecule has 0 spiro atoms. The van der Waals surface area contributed by atoms with E-state index in [1.165, 1.54) is 6.07 Å². The lowest BCUT2D eigenvalue weighted by Crippen LogP contribution is -2.50. The first-order valence-corrected chi connectivity index (χ1v) is 12.9. The lowest BCUT2D eigenvalue weighted by Gasteiger charge is -2.42. The third kappa shape index (κ3) is 4.68. The smallest absolute Gasteiger partial charge is 0.534 e. The van der Waals surface area contributed by atoms with Crippen LogP contribution in [0, 0.1) is 0 Å². The molecule has 1 aromatic carbocycles. The molecule has 0 saturated carbocycles.